The van der Waals surface area contributed by atoms with Gasteiger partial charge < -0.3 is 14.2 Å². The van der Waals surface area contributed by atoms with Crippen LogP contribution in [0.2, 0.25) is 0 Å². The van der Waals surface area contributed by atoms with Gasteiger partial charge in [-0.3, -0.25) is 9.36 Å². The quantitative estimate of drug-likeness (QED) is 0.267. The highest BCUT2D eigenvalue weighted by Gasteiger charge is 2.34. The Hall–Kier alpha value is -4.43. The summed E-state index contributed by atoms with van der Waals surface area (Å²) in [5, 5.41) is 2.13. The number of allylic oxidation sites excluding steroid dienone is 1. The summed E-state index contributed by atoms with van der Waals surface area (Å²) in [5.41, 5.74) is 2.11. The lowest BCUT2D eigenvalue weighted by molar-refractivity contribution is -0.138. The molecule has 8 heteroatoms. The Morgan fingerprint density at radius 3 is 2.61 bits per heavy atom. The number of fused-ring (bicyclic) bond motifs is 2. The lowest BCUT2D eigenvalue weighted by atomic mass is 9.95. The third-order valence-corrected chi connectivity index (χ3v) is 7.39. The molecule has 5 rings (SSSR count). The molecule has 0 saturated heterocycles. The van der Waals surface area contributed by atoms with Gasteiger partial charge in [0, 0.05) is 0 Å². The Bertz CT molecular complexity index is 1780. The fourth-order valence-electron chi connectivity index (χ4n) is 4.65. The molecule has 0 amide bonds. The molecule has 0 spiro atoms. The summed E-state index contributed by atoms with van der Waals surface area (Å²) in [6.45, 7) is 5.42. The number of benzene rings is 3. The van der Waals surface area contributed by atoms with Gasteiger partial charge >= 0.3 is 5.97 Å². The van der Waals surface area contributed by atoms with E-state index in [1.807, 2.05) is 54.6 Å². The molecular formula is C30H26N2O5S. The van der Waals surface area contributed by atoms with Gasteiger partial charge in [0.25, 0.3) is 5.56 Å². The minimum Gasteiger partial charge on any atom is -0.493 e. The topological polar surface area (TPSA) is 79.1 Å². The maximum Gasteiger partial charge on any atom is 0.338 e. The number of methoxy groups -OCH3 is 2. The molecule has 1 aliphatic rings. The van der Waals surface area contributed by atoms with Crippen molar-refractivity contribution in [3.63, 3.8) is 0 Å². The first-order valence-electron chi connectivity index (χ1n) is 12.0. The molecule has 4 aromatic rings. The highest BCUT2D eigenvalue weighted by Crippen LogP contribution is 2.36. The number of ether oxygens (including phenoxy) is 3. The average Bonchev–Trinajstić information content (AvgIpc) is 3.24. The fraction of sp³-hybridized carbons (Fsp3) is 0.167. The second-order valence-corrected chi connectivity index (χ2v) is 9.66. The number of aromatic nitrogens is 1. The molecule has 1 unspecified atom stereocenters. The molecule has 0 N–H and O–H groups in total. The van der Waals surface area contributed by atoms with Crippen LogP contribution >= 0.6 is 11.3 Å². The summed E-state index contributed by atoms with van der Waals surface area (Å²) in [4.78, 5) is 32.3. The van der Waals surface area contributed by atoms with Crippen LogP contribution in [0.5, 0.6) is 11.5 Å². The molecule has 1 atom stereocenters. The minimum atomic E-state index is -0.766. The minimum absolute atomic E-state index is 0.0414. The van der Waals surface area contributed by atoms with Gasteiger partial charge in [0.05, 0.1) is 36.1 Å². The molecule has 7 nitrogen and oxygen atoms in total. The molecule has 192 valence electrons. The van der Waals surface area contributed by atoms with Gasteiger partial charge in [-0.15, -0.1) is 0 Å². The largest absolute Gasteiger partial charge is 0.493 e. The van der Waals surface area contributed by atoms with Crippen molar-refractivity contribution >= 4 is 34.2 Å². The first kappa shape index (κ1) is 25.2. The van der Waals surface area contributed by atoms with E-state index >= 15 is 0 Å². The maximum atomic E-state index is 13.9. The van der Waals surface area contributed by atoms with Crippen LogP contribution in [0.4, 0.5) is 0 Å². The number of rotatable bonds is 7. The van der Waals surface area contributed by atoms with Gasteiger partial charge in [0.1, 0.15) is 6.61 Å². The molecule has 0 radical (unpaired) electrons. The number of hydrogen-bond acceptors (Lipinski definition) is 7. The molecule has 2 heterocycles. The van der Waals surface area contributed by atoms with Gasteiger partial charge in [-0.1, -0.05) is 72.5 Å². The molecular weight excluding hydrogens is 500 g/mol. The van der Waals surface area contributed by atoms with E-state index in [-0.39, 0.29) is 17.7 Å². The predicted octanol–water partition coefficient (Wildman–Crippen LogP) is 4.13. The van der Waals surface area contributed by atoms with Gasteiger partial charge in [0.2, 0.25) is 0 Å². The zero-order valence-electron chi connectivity index (χ0n) is 21.3. The highest BCUT2D eigenvalue weighted by atomic mass is 32.1. The summed E-state index contributed by atoms with van der Waals surface area (Å²) in [5.74, 6) is 0.460. The fourth-order valence-corrected chi connectivity index (χ4v) is 5.69. The normalized spacial score (nSPS) is 15.1. The van der Waals surface area contributed by atoms with Crippen molar-refractivity contribution in [3.8, 4) is 11.5 Å². The van der Waals surface area contributed by atoms with Crippen molar-refractivity contribution in [2.24, 2.45) is 4.99 Å². The lowest BCUT2D eigenvalue weighted by Crippen LogP contribution is -2.40. The number of hydrogen-bond donors (Lipinski definition) is 0. The first-order valence-corrected chi connectivity index (χ1v) is 12.8. The summed E-state index contributed by atoms with van der Waals surface area (Å²) < 4.78 is 18.4. The summed E-state index contributed by atoms with van der Waals surface area (Å²) in [6.07, 6.45) is 3.38. The lowest BCUT2D eigenvalue weighted by Gasteiger charge is -2.25. The predicted molar refractivity (Wildman–Crippen MR) is 148 cm³/mol. The van der Waals surface area contributed by atoms with Crippen molar-refractivity contribution < 1.29 is 19.0 Å². The van der Waals surface area contributed by atoms with Crippen LogP contribution in [0.15, 0.2) is 94.4 Å². The zero-order valence-corrected chi connectivity index (χ0v) is 22.1. The monoisotopic (exact) mass is 526 g/mol. The number of carbonyl (C=O) groups is 1. The molecule has 0 fully saturated rings. The van der Waals surface area contributed by atoms with Crippen molar-refractivity contribution in [2.75, 3.05) is 20.8 Å². The summed E-state index contributed by atoms with van der Waals surface area (Å²) in [7, 11) is 3.09. The summed E-state index contributed by atoms with van der Waals surface area (Å²) >= 11 is 1.29. The van der Waals surface area contributed by atoms with Crippen LogP contribution in [0.3, 0.4) is 0 Å². The Balaban J connectivity index is 1.75. The molecule has 38 heavy (non-hydrogen) atoms. The second-order valence-electron chi connectivity index (χ2n) is 8.65. The van der Waals surface area contributed by atoms with Gasteiger partial charge in [-0.25, -0.2) is 9.79 Å². The van der Waals surface area contributed by atoms with E-state index in [0.29, 0.717) is 32.1 Å². The van der Waals surface area contributed by atoms with E-state index in [1.54, 1.807) is 30.7 Å². The number of nitrogens with zero attached hydrogens (tertiary/aromatic N) is 2. The smallest absolute Gasteiger partial charge is 0.338 e. The highest BCUT2D eigenvalue weighted by molar-refractivity contribution is 7.07. The van der Waals surface area contributed by atoms with E-state index in [9.17, 15) is 9.59 Å². The second kappa shape index (κ2) is 10.5. The Labute approximate surface area is 223 Å². The van der Waals surface area contributed by atoms with Crippen LogP contribution in [0, 0.1) is 0 Å². The third kappa shape index (κ3) is 4.43. The Morgan fingerprint density at radius 2 is 1.84 bits per heavy atom. The summed E-state index contributed by atoms with van der Waals surface area (Å²) in [6, 6.07) is 18.6. The zero-order chi connectivity index (χ0) is 26.8. The van der Waals surface area contributed by atoms with Crippen molar-refractivity contribution in [2.45, 2.75) is 13.0 Å². The van der Waals surface area contributed by atoms with E-state index in [4.69, 9.17) is 14.2 Å². The maximum absolute atomic E-state index is 13.9. The molecule has 1 aromatic heterocycles. The molecule has 0 bridgehead atoms. The van der Waals surface area contributed by atoms with Crippen LogP contribution in [-0.4, -0.2) is 31.4 Å². The van der Waals surface area contributed by atoms with E-state index in [2.05, 4.69) is 11.6 Å². The number of thiazole rings is 1. The standard InChI is InChI=1S/C30H26N2O5S/c1-5-15-37-29(34)26-18(2)31-30-32(27(26)21-13-14-23(35-3)24(16-21)36-4)28(33)25(38-30)17-20-11-8-10-19-9-6-7-12-22(19)20/h5-14,16-17,27H,1,15H2,2-4H3/b25-17-. The molecule has 3 aromatic carbocycles. The van der Waals surface area contributed by atoms with Crippen molar-refractivity contribution in [1.29, 1.82) is 0 Å². The van der Waals surface area contributed by atoms with Gasteiger partial charge in [-0.2, -0.15) is 0 Å². The first-order chi connectivity index (χ1) is 18.5. The van der Waals surface area contributed by atoms with Crippen LogP contribution < -0.4 is 24.4 Å². The molecule has 0 saturated carbocycles. The third-order valence-electron chi connectivity index (χ3n) is 6.41. The van der Waals surface area contributed by atoms with Crippen molar-refractivity contribution in [3.05, 3.63) is 115 Å². The van der Waals surface area contributed by atoms with Crippen LogP contribution in [0.1, 0.15) is 24.1 Å². The molecule has 0 aliphatic carbocycles. The van der Waals surface area contributed by atoms with Crippen LogP contribution in [0.25, 0.3) is 16.8 Å². The van der Waals surface area contributed by atoms with Crippen molar-refractivity contribution in [1.82, 2.24) is 4.57 Å². The Morgan fingerprint density at radius 1 is 1.08 bits per heavy atom. The number of esters is 1. The molecule has 1 aliphatic heterocycles. The SMILES string of the molecule is C=CCOC(=O)C1=C(C)N=c2s/c(=C\c3cccc4ccccc34)c(=O)n2C1c1ccc(OC)c(OC)c1. The van der Waals surface area contributed by atoms with Crippen LogP contribution in [-0.2, 0) is 9.53 Å². The average molecular weight is 527 g/mol. The van der Waals surface area contributed by atoms with Gasteiger partial charge in [-0.05, 0) is 47.0 Å². The number of carbonyl (C=O) groups excluding carboxylic acids is 1. The van der Waals surface area contributed by atoms with E-state index in [0.717, 1.165) is 16.3 Å². The van der Waals surface area contributed by atoms with E-state index < -0.39 is 12.0 Å². The Kier molecular flexibility index (Phi) is 6.98. The van der Waals surface area contributed by atoms with E-state index in [1.165, 1.54) is 24.5 Å². The van der Waals surface area contributed by atoms with Gasteiger partial charge in [0.15, 0.2) is 16.3 Å².